The molecule has 7 N–H and O–H groups in total. The molecular weight excluding hydrogens is 290 g/mol. The van der Waals surface area contributed by atoms with E-state index in [1.165, 1.54) is 0 Å². The van der Waals surface area contributed by atoms with E-state index >= 15 is 0 Å². The summed E-state index contributed by atoms with van der Waals surface area (Å²) < 4.78 is 4.97. The van der Waals surface area contributed by atoms with Crippen molar-refractivity contribution in [3.05, 3.63) is 30.3 Å². The molecule has 1 rings (SSSR count). The molecule has 0 amide bonds. The quantitative estimate of drug-likeness (QED) is 0.196. The number of anilines is 1. The smallest absolute Gasteiger partial charge is 0.330 e. The Morgan fingerprint density at radius 1 is 1.33 bits per heavy atom. The Balaban J connectivity index is 2.31. The molecule has 0 radical (unpaired) electrons. The number of ether oxygens (including phenoxy) is 1. The Bertz CT molecular complexity index is 503. The highest BCUT2D eigenvalue weighted by Gasteiger charge is 2.16. The molecule has 8 heteroatoms. The van der Waals surface area contributed by atoms with Crippen LogP contribution < -0.4 is 22.5 Å². The number of esters is 1. The molecule has 114 valence electrons. The molecular formula is C13H19N5O2S. The Morgan fingerprint density at radius 3 is 2.62 bits per heavy atom. The van der Waals surface area contributed by atoms with E-state index in [-0.39, 0.29) is 11.1 Å². The van der Waals surface area contributed by atoms with Crippen LogP contribution in [0.25, 0.3) is 0 Å². The van der Waals surface area contributed by atoms with Gasteiger partial charge in [-0.15, -0.1) is 0 Å². The van der Waals surface area contributed by atoms with Gasteiger partial charge in [0.1, 0.15) is 6.04 Å². The van der Waals surface area contributed by atoms with Crippen molar-refractivity contribution in [3.8, 4) is 0 Å². The Kier molecular flexibility index (Phi) is 7.13. The average Bonchev–Trinajstić information content (AvgIpc) is 2.44. The van der Waals surface area contributed by atoms with Crippen LogP contribution in [-0.4, -0.2) is 29.7 Å². The van der Waals surface area contributed by atoms with Gasteiger partial charge in [0, 0.05) is 12.2 Å². The molecule has 0 bridgehead atoms. The van der Waals surface area contributed by atoms with Gasteiger partial charge in [-0.1, -0.05) is 18.2 Å². The number of aliphatic imine (C=N–C) groups is 1. The summed E-state index contributed by atoms with van der Waals surface area (Å²) in [5.41, 5.74) is 16.8. The number of nitrogens with zero attached hydrogens (tertiary/aromatic N) is 1. The molecule has 0 heterocycles. The van der Waals surface area contributed by atoms with E-state index in [9.17, 15) is 4.79 Å². The summed E-state index contributed by atoms with van der Waals surface area (Å²) >= 11 is 4.94. The van der Waals surface area contributed by atoms with E-state index in [4.69, 9.17) is 34.2 Å². The van der Waals surface area contributed by atoms with E-state index in [0.717, 1.165) is 5.69 Å². The number of carbonyl (C=O) groups excluding carboxylic acids is 1. The second-order valence-electron chi connectivity index (χ2n) is 4.25. The van der Waals surface area contributed by atoms with Gasteiger partial charge in [-0.05, 0) is 37.2 Å². The Labute approximate surface area is 128 Å². The van der Waals surface area contributed by atoms with Crippen molar-refractivity contribution in [2.45, 2.75) is 18.9 Å². The fraction of sp³-hybridized carbons (Fsp3) is 0.308. The van der Waals surface area contributed by atoms with Gasteiger partial charge in [-0.25, -0.2) is 4.79 Å². The molecule has 0 fully saturated rings. The monoisotopic (exact) mass is 309 g/mol. The summed E-state index contributed by atoms with van der Waals surface area (Å²) in [5.74, 6) is -0.576. The third kappa shape index (κ3) is 7.23. The van der Waals surface area contributed by atoms with Gasteiger partial charge < -0.3 is 27.3 Å². The second kappa shape index (κ2) is 8.88. The first kappa shape index (κ1) is 16.9. The van der Waals surface area contributed by atoms with Gasteiger partial charge in [0.25, 0.3) is 5.17 Å². The van der Waals surface area contributed by atoms with Crippen LogP contribution in [0, 0.1) is 0 Å². The van der Waals surface area contributed by atoms with Crippen molar-refractivity contribution >= 4 is 35.0 Å². The van der Waals surface area contributed by atoms with Crippen molar-refractivity contribution in [3.63, 3.8) is 0 Å². The largest absolute Gasteiger partial charge is 0.398 e. The maximum atomic E-state index is 11.7. The van der Waals surface area contributed by atoms with E-state index in [0.29, 0.717) is 19.4 Å². The zero-order chi connectivity index (χ0) is 15.7. The minimum absolute atomic E-state index is 0.0133. The first-order chi connectivity index (χ1) is 9.99. The number of nitrogens with two attached hydrogens (primary N) is 3. The van der Waals surface area contributed by atoms with Crippen molar-refractivity contribution in [2.24, 2.45) is 22.2 Å². The predicted octanol–water partition coefficient (Wildman–Crippen LogP) is 0.308. The van der Waals surface area contributed by atoms with E-state index in [2.05, 4.69) is 10.3 Å². The number of hydrogen-bond acceptors (Lipinski definition) is 5. The van der Waals surface area contributed by atoms with Gasteiger partial charge in [-0.3, -0.25) is 4.99 Å². The number of hydrogen-bond donors (Lipinski definition) is 4. The van der Waals surface area contributed by atoms with Gasteiger partial charge in [0.2, 0.25) is 0 Å². The summed E-state index contributed by atoms with van der Waals surface area (Å²) in [4.78, 5) is 15.5. The van der Waals surface area contributed by atoms with Crippen LogP contribution in [0.1, 0.15) is 12.8 Å². The molecule has 21 heavy (non-hydrogen) atoms. The molecule has 0 aliphatic rings. The molecule has 0 aliphatic carbocycles. The number of benzene rings is 1. The summed E-state index contributed by atoms with van der Waals surface area (Å²) in [5, 5.41) is 2.75. The highest BCUT2D eigenvalue weighted by molar-refractivity contribution is 7.80. The third-order valence-electron chi connectivity index (χ3n) is 2.48. The van der Waals surface area contributed by atoms with E-state index < -0.39 is 12.0 Å². The maximum Gasteiger partial charge on any atom is 0.330 e. The molecule has 7 nitrogen and oxygen atoms in total. The van der Waals surface area contributed by atoms with Crippen molar-refractivity contribution < 1.29 is 9.53 Å². The summed E-state index contributed by atoms with van der Waals surface area (Å²) in [7, 11) is 0. The summed E-state index contributed by atoms with van der Waals surface area (Å²) in [6.45, 7) is 0.413. The number of para-hydroxylation sites is 1. The zero-order valence-corrected chi connectivity index (χ0v) is 12.3. The first-order valence-electron chi connectivity index (χ1n) is 6.37. The highest BCUT2D eigenvalue weighted by Crippen LogP contribution is 2.06. The topological polar surface area (TPSA) is 129 Å². The first-order valence-corrected chi connectivity index (χ1v) is 6.78. The Hall–Kier alpha value is -2.19. The fourth-order valence-electron chi connectivity index (χ4n) is 1.47. The van der Waals surface area contributed by atoms with Crippen LogP contribution in [-0.2, 0) is 9.53 Å². The van der Waals surface area contributed by atoms with Gasteiger partial charge in [0.15, 0.2) is 5.96 Å². The molecule has 0 unspecified atom stereocenters. The van der Waals surface area contributed by atoms with Crippen molar-refractivity contribution in [1.29, 1.82) is 0 Å². The molecule has 1 aromatic rings. The minimum atomic E-state index is -0.769. The lowest BCUT2D eigenvalue weighted by molar-refractivity contribution is -0.136. The van der Waals surface area contributed by atoms with Crippen LogP contribution in [0.5, 0.6) is 0 Å². The van der Waals surface area contributed by atoms with E-state index in [1.807, 2.05) is 18.2 Å². The number of rotatable bonds is 6. The van der Waals surface area contributed by atoms with Crippen LogP contribution >= 0.6 is 12.2 Å². The predicted molar refractivity (Wildman–Crippen MR) is 86.6 cm³/mol. The molecule has 1 atom stereocenters. The average molecular weight is 309 g/mol. The number of guanidine groups is 1. The molecule has 0 saturated carbocycles. The van der Waals surface area contributed by atoms with Crippen LogP contribution in [0.4, 0.5) is 5.69 Å². The van der Waals surface area contributed by atoms with Gasteiger partial charge in [0.05, 0.1) is 0 Å². The van der Waals surface area contributed by atoms with Crippen LogP contribution in [0.3, 0.4) is 0 Å². The minimum Gasteiger partial charge on any atom is -0.398 e. The highest BCUT2D eigenvalue weighted by atomic mass is 32.1. The van der Waals surface area contributed by atoms with Crippen LogP contribution in [0.2, 0.25) is 0 Å². The normalized spacial score (nSPS) is 11.3. The van der Waals surface area contributed by atoms with Crippen molar-refractivity contribution in [2.75, 3.05) is 11.9 Å². The fourth-order valence-corrected chi connectivity index (χ4v) is 1.67. The van der Waals surface area contributed by atoms with E-state index in [1.54, 1.807) is 12.1 Å². The van der Waals surface area contributed by atoms with Gasteiger partial charge >= 0.3 is 5.97 Å². The van der Waals surface area contributed by atoms with Gasteiger partial charge in [-0.2, -0.15) is 0 Å². The lowest BCUT2D eigenvalue weighted by Gasteiger charge is -2.12. The SMILES string of the molecule is NC(N)=NCCC[C@H](N)C(=O)OC(=S)Nc1ccccc1. The Morgan fingerprint density at radius 2 is 2.00 bits per heavy atom. The summed E-state index contributed by atoms with van der Waals surface area (Å²) in [6.07, 6.45) is 0.983. The molecule has 0 spiro atoms. The zero-order valence-electron chi connectivity index (χ0n) is 11.5. The lowest BCUT2D eigenvalue weighted by atomic mass is 10.2. The number of thiocarbonyl (C=S) groups is 1. The third-order valence-corrected chi connectivity index (χ3v) is 2.67. The number of nitrogens with one attached hydrogen (secondary N) is 1. The standard InChI is InChI=1S/C13H19N5O2S/c14-10(7-4-8-17-12(15)16)11(19)20-13(21)18-9-5-2-1-3-6-9/h1-3,5-6,10H,4,7-8,14H2,(H,18,21)(H4,15,16,17)/t10-/m0/s1. The van der Waals surface area contributed by atoms with Crippen molar-refractivity contribution in [1.82, 2.24) is 0 Å². The maximum absolute atomic E-state index is 11.7. The molecule has 0 saturated heterocycles. The molecule has 0 aliphatic heterocycles. The van der Waals surface area contributed by atoms with Crippen LogP contribution in [0.15, 0.2) is 35.3 Å². The molecule has 1 aromatic carbocycles. The lowest BCUT2D eigenvalue weighted by Crippen LogP contribution is -2.35. The summed E-state index contributed by atoms with van der Waals surface area (Å²) in [6, 6.07) is 8.37. The molecule has 0 aromatic heterocycles. The second-order valence-corrected chi connectivity index (χ2v) is 4.63. The number of carbonyl (C=O) groups is 1.